The second-order valence-corrected chi connectivity index (χ2v) is 6.75. The number of aromatic nitrogens is 3. The summed E-state index contributed by atoms with van der Waals surface area (Å²) in [5.41, 5.74) is 1.97. The first-order valence-corrected chi connectivity index (χ1v) is 9.08. The Kier molecular flexibility index (Phi) is 5.57. The average Bonchev–Trinajstić information content (AvgIpc) is 3.01. The number of nitrogens with zero attached hydrogens (tertiary/aromatic N) is 5. The minimum atomic E-state index is -0.792. The van der Waals surface area contributed by atoms with E-state index in [9.17, 15) is 10.1 Å². The molecule has 152 valence electrons. The highest BCUT2D eigenvalue weighted by molar-refractivity contribution is 6.15. The third-order valence-electron chi connectivity index (χ3n) is 4.38. The summed E-state index contributed by atoms with van der Waals surface area (Å²) >= 11 is 0. The maximum absolute atomic E-state index is 11.0. The summed E-state index contributed by atoms with van der Waals surface area (Å²) in [6, 6.07) is 3.87. The van der Waals surface area contributed by atoms with Crippen LogP contribution in [0.25, 0.3) is 5.57 Å². The fourth-order valence-electron chi connectivity index (χ4n) is 3.24. The molecule has 2 aromatic rings. The minimum Gasteiger partial charge on any atom is -0.393 e. The fourth-order valence-corrected chi connectivity index (χ4v) is 3.24. The summed E-state index contributed by atoms with van der Waals surface area (Å²) in [5.74, 6) is 0.264. The van der Waals surface area contributed by atoms with Gasteiger partial charge in [0.15, 0.2) is 5.82 Å². The van der Waals surface area contributed by atoms with Gasteiger partial charge in [0.25, 0.3) is 0 Å². The lowest BCUT2D eigenvalue weighted by Crippen LogP contribution is -2.38. The molecule has 4 N–H and O–H groups in total. The van der Waals surface area contributed by atoms with E-state index in [1.807, 2.05) is 6.07 Å². The van der Waals surface area contributed by atoms with E-state index in [-0.39, 0.29) is 17.6 Å². The molecule has 0 aromatic carbocycles. The molecule has 0 bridgehead atoms. The van der Waals surface area contributed by atoms with E-state index in [1.54, 1.807) is 19.3 Å². The number of nitro groups is 1. The quantitative estimate of drug-likeness (QED) is 0.250. The Morgan fingerprint density at radius 1 is 1.41 bits per heavy atom. The van der Waals surface area contributed by atoms with Crippen molar-refractivity contribution in [2.75, 3.05) is 22.6 Å². The number of rotatable bonds is 6. The molecule has 0 aliphatic carbocycles. The van der Waals surface area contributed by atoms with E-state index in [2.05, 4.69) is 56.6 Å². The smallest absolute Gasteiger partial charge is 0.368 e. The topological polar surface area (TPSA) is 145 Å². The molecule has 11 nitrogen and oxygen atoms in total. The van der Waals surface area contributed by atoms with E-state index >= 15 is 0 Å². The fraction of sp³-hybridized carbons (Fsp3) is 0.333. The van der Waals surface area contributed by atoms with Gasteiger partial charge >= 0.3 is 5.84 Å². The zero-order chi connectivity index (χ0) is 21.1. The van der Waals surface area contributed by atoms with Gasteiger partial charge in [-0.15, -0.1) is 0 Å². The number of hydrogen-bond acceptors (Lipinski definition) is 10. The number of amidine groups is 1. The molecule has 1 aliphatic rings. The largest absolute Gasteiger partial charge is 0.393 e. The normalized spacial score (nSPS) is 15.7. The highest BCUT2D eigenvalue weighted by Crippen LogP contribution is 2.37. The zero-order valence-corrected chi connectivity index (χ0v) is 16.6. The predicted octanol–water partition coefficient (Wildman–Crippen LogP) is 2.42. The molecule has 0 spiro atoms. The molecule has 0 amide bonds. The average molecular weight is 397 g/mol. The van der Waals surface area contributed by atoms with Crippen molar-refractivity contribution >= 4 is 34.4 Å². The van der Waals surface area contributed by atoms with Crippen molar-refractivity contribution in [3.8, 4) is 0 Å². The maximum atomic E-state index is 11.0. The van der Waals surface area contributed by atoms with E-state index in [0.29, 0.717) is 17.7 Å². The summed E-state index contributed by atoms with van der Waals surface area (Å²) in [6.07, 6.45) is 4.72. The van der Waals surface area contributed by atoms with Gasteiger partial charge in [0.2, 0.25) is 0 Å². The second-order valence-electron chi connectivity index (χ2n) is 6.75. The minimum absolute atomic E-state index is 0.0212. The van der Waals surface area contributed by atoms with Gasteiger partial charge < -0.3 is 31.0 Å². The Bertz CT molecular complexity index is 974. The lowest BCUT2D eigenvalue weighted by molar-refractivity contribution is -0.348. The van der Waals surface area contributed by atoms with E-state index in [0.717, 1.165) is 11.4 Å². The Hall–Kier alpha value is -3.76. The van der Waals surface area contributed by atoms with Gasteiger partial charge in [0, 0.05) is 31.6 Å². The van der Waals surface area contributed by atoms with Crippen LogP contribution in [-0.4, -0.2) is 45.0 Å². The Labute approximate surface area is 167 Å². The summed E-state index contributed by atoms with van der Waals surface area (Å²) < 4.78 is 0. The number of nitrogens with one attached hydrogen (secondary N) is 4. The molecule has 0 saturated heterocycles. The van der Waals surface area contributed by atoms with Gasteiger partial charge in [-0.3, -0.25) is 0 Å². The standard InChI is InChI=1S/C18H23N9O2/c1-10(2)26-11(3)23-13-9-22-16(7-14(13)26)24-15-5-6-21-18(25-15)12(8-20-4)17(19)27(28)29/h5-11,19-20,23H,1-4H3,(H,21,22,24,25)/b12-8+,19-17?. The summed E-state index contributed by atoms with van der Waals surface area (Å²) in [6.45, 7) is 6.33. The first kappa shape index (κ1) is 20.0. The molecule has 2 aromatic heterocycles. The van der Waals surface area contributed by atoms with Crippen molar-refractivity contribution in [3.63, 3.8) is 0 Å². The lowest BCUT2D eigenvalue weighted by Gasteiger charge is -2.28. The molecule has 1 atom stereocenters. The monoisotopic (exact) mass is 397 g/mol. The summed E-state index contributed by atoms with van der Waals surface area (Å²) in [5, 5.41) is 27.9. The molecule has 3 rings (SSSR count). The first-order valence-electron chi connectivity index (χ1n) is 9.08. The highest BCUT2D eigenvalue weighted by atomic mass is 16.6. The zero-order valence-electron chi connectivity index (χ0n) is 16.6. The lowest BCUT2D eigenvalue weighted by atomic mass is 10.2. The number of hydrogen-bond donors (Lipinski definition) is 4. The SMILES string of the molecule is CN/C=C(\C(=N)[N+](=O)[O-])c1nccc(Nc2cc3c(cn2)NC(C)N3C(C)C)n1. The molecule has 11 heteroatoms. The molecular formula is C18H23N9O2. The summed E-state index contributed by atoms with van der Waals surface area (Å²) in [7, 11) is 1.58. The third-order valence-corrected chi connectivity index (χ3v) is 4.38. The molecule has 0 fully saturated rings. The van der Waals surface area contributed by atoms with Crippen molar-refractivity contribution in [1.82, 2.24) is 20.3 Å². The van der Waals surface area contributed by atoms with Gasteiger partial charge in [-0.05, 0) is 31.8 Å². The molecule has 0 radical (unpaired) electrons. The van der Waals surface area contributed by atoms with Crippen molar-refractivity contribution in [2.24, 2.45) is 0 Å². The van der Waals surface area contributed by atoms with Gasteiger partial charge in [-0.1, -0.05) is 5.41 Å². The molecule has 3 heterocycles. The van der Waals surface area contributed by atoms with Crippen LogP contribution in [0.3, 0.4) is 0 Å². The molecule has 1 unspecified atom stereocenters. The molecule has 0 saturated carbocycles. The Balaban J connectivity index is 1.89. The van der Waals surface area contributed by atoms with E-state index < -0.39 is 10.8 Å². The number of pyridine rings is 1. The molecule has 1 aliphatic heterocycles. The van der Waals surface area contributed by atoms with Crippen LogP contribution in [0.4, 0.5) is 23.0 Å². The number of fused-ring (bicyclic) bond motifs is 1. The van der Waals surface area contributed by atoms with Crippen LogP contribution in [0, 0.1) is 15.5 Å². The van der Waals surface area contributed by atoms with Crippen LogP contribution in [0.2, 0.25) is 0 Å². The predicted molar refractivity (Wildman–Crippen MR) is 112 cm³/mol. The Morgan fingerprint density at radius 3 is 2.83 bits per heavy atom. The first-order chi connectivity index (χ1) is 13.8. The summed E-state index contributed by atoms with van der Waals surface area (Å²) in [4.78, 5) is 25.2. The number of anilines is 4. The molecular weight excluding hydrogens is 374 g/mol. The van der Waals surface area contributed by atoms with Gasteiger partial charge in [-0.2, -0.15) is 0 Å². The van der Waals surface area contributed by atoms with Crippen LogP contribution < -0.4 is 20.9 Å². The van der Waals surface area contributed by atoms with Crippen LogP contribution >= 0.6 is 0 Å². The van der Waals surface area contributed by atoms with E-state index in [1.165, 1.54) is 12.4 Å². The van der Waals surface area contributed by atoms with Gasteiger partial charge in [0.05, 0.1) is 23.7 Å². The van der Waals surface area contributed by atoms with Crippen molar-refractivity contribution in [3.05, 3.63) is 46.7 Å². The maximum Gasteiger partial charge on any atom is 0.368 e. The van der Waals surface area contributed by atoms with Crippen LogP contribution in [0.15, 0.2) is 30.7 Å². The van der Waals surface area contributed by atoms with Crippen LogP contribution in [0.1, 0.15) is 26.6 Å². The molecule has 29 heavy (non-hydrogen) atoms. The van der Waals surface area contributed by atoms with Crippen molar-refractivity contribution in [2.45, 2.75) is 33.0 Å². The third kappa shape index (κ3) is 4.08. The van der Waals surface area contributed by atoms with Crippen molar-refractivity contribution < 1.29 is 4.92 Å². The Morgan fingerprint density at radius 2 is 2.17 bits per heavy atom. The van der Waals surface area contributed by atoms with Crippen LogP contribution in [0.5, 0.6) is 0 Å². The van der Waals surface area contributed by atoms with E-state index in [4.69, 9.17) is 5.41 Å². The van der Waals surface area contributed by atoms with Crippen LogP contribution in [-0.2, 0) is 0 Å². The van der Waals surface area contributed by atoms with Crippen molar-refractivity contribution in [1.29, 1.82) is 5.41 Å². The van der Waals surface area contributed by atoms with Gasteiger partial charge in [-0.25, -0.2) is 15.0 Å². The second kappa shape index (κ2) is 8.09. The van der Waals surface area contributed by atoms with Gasteiger partial charge in [0.1, 0.15) is 17.2 Å². The highest BCUT2D eigenvalue weighted by Gasteiger charge is 2.28.